The van der Waals surface area contributed by atoms with Gasteiger partial charge >= 0.3 is 0 Å². The van der Waals surface area contributed by atoms with Gasteiger partial charge in [-0.1, -0.05) is 44.2 Å². The summed E-state index contributed by atoms with van der Waals surface area (Å²) in [4.78, 5) is 0. The molecule has 1 N–H and O–H groups in total. The Morgan fingerprint density at radius 2 is 1.88 bits per heavy atom. The quantitative estimate of drug-likeness (QED) is 0.796. The van der Waals surface area contributed by atoms with E-state index in [1.54, 1.807) is 7.11 Å². The van der Waals surface area contributed by atoms with E-state index in [4.69, 9.17) is 4.74 Å². The Morgan fingerprint density at radius 1 is 1.25 bits per heavy atom. The molecular formula is C14H23NO. The van der Waals surface area contributed by atoms with Gasteiger partial charge in [0, 0.05) is 19.1 Å². The minimum atomic E-state index is 0.0603. The van der Waals surface area contributed by atoms with Crippen LogP contribution in [-0.2, 0) is 10.2 Å². The molecule has 90 valence electrons. The molecule has 0 heterocycles. The molecule has 1 aromatic rings. The lowest BCUT2D eigenvalue weighted by Crippen LogP contribution is -2.45. The Morgan fingerprint density at radius 3 is 2.31 bits per heavy atom. The molecule has 1 unspecified atom stereocenters. The van der Waals surface area contributed by atoms with Crippen molar-refractivity contribution in [2.75, 3.05) is 27.3 Å². The molecule has 0 amide bonds. The summed E-state index contributed by atoms with van der Waals surface area (Å²) in [7, 11) is 3.77. The molecule has 0 bridgehead atoms. The third kappa shape index (κ3) is 2.63. The van der Waals surface area contributed by atoms with Crippen molar-refractivity contribution < 1.29 is 4.74 Å². The molecule has 1 aromatic carbocycles. The Bertz CT molecular complexity index is 289. The highest BCUT2D eigenvalue weighted by molar-refractivity contribution is 5.27. The number of nitrogens with one attached hydrogen (secondary N) is 1. The van der Waals surface area contributed by atoms with Crippen LogP contribution >= 0.6 is 0 Å². The third-order valence-electron chi connectivity index (χ3n) is 3.35. The van der Waals surface area contributed by atoms with E-state index < -0.39 is 0 Å². The highest BCUT2D eigenvalue weighted by Crippen LogP contribution is 2.32. The van der Waals surface area contributed by atoms with Crippen LogP contribution in [0.1, 0.15) is 19.4 Å². The molecule has 0 fully saturated rings. The van der Waals surface area contributed by atoms with Crippen LogP contribution in [0.5, 0.6) is 0 Å². The van der Waals surface area contributed by atoms with Crippen LogP contribution < -0.4 is 5.32 Å². The first-order chi connectivity index (χ1) is 7.67. The first-order valence-electron chi connectivity index (χ1n) is 5.86. The number of hydrogen-bond donors (Lipinski definition) is 1. The highest BCUT2D eigenvalue weighted by atomic mass is 16.5. The molecule has 16 heavy (non-hydrogen) atoms. The van der Waals surface area contributed by atoms with E-state index in [0.717, 1.165) is 13.2 Å². The number of hydrogen-bond acceptors (Lipinski definition) is 2. The van der Waals surface area contributed by atoms with Crippen LogP contribution in [0.4, 0.5) is 0 Å². The Hall–Kier alpha value is -0.860. The van der Waals surface area contributed by atoms with Crippen LogP contribution in [0.15, 0.2) is 30.3 Å². The molecular weight excluding hydrogens is 198 g/mol. The lowest BCUT2D eigenvalue weighted by Gasteiger charge is -2.37. The number of ether oxygens (including phenoxy) is 1. The van der Waals surface area contributed by atoms with Gasteiger partial charge in [-0.15, -0.1) is 0 Å². The van der Waals surface area contributed by atoms with Gasteiger partial charge in [0.15, 0.2) is 0 Å². The molecule has 0 aliphatic rings. The molecule has 0 aliphatic carbocycles. The molecule has 0 spiro atoms. The van der Waals surface area contributed by atoms with Gasteiger partial charge < -0.3 is 10.1 Å². The predicted octanol–water partition coefficient (Wildman–Crippen LogP) is 2.45. The summed E-state index contributed by atoms with van der Waals surface area (Å²) < 4.78 is 5.44. The lowest BCUT2D eigenvalue weighted by molar-refractivity contribution is 0.100. The second kappa shape index (κ2) is 6.02. The molecule has 0 aromatic heterocycles. The van der Waals surface area contributed by atoms with Gasteiger partial charge in [-0.25, -0.2) is 0 Å². The first-order valence-corrected chi connectivity index (χ1v) is 5.86. The monoisotopic (exact) mass is 221 g/mol. The van der Waals surface area contributed by atoms with Crippen LogP contribution in [0.2, 0.25) is 0 Å². The van der Waals surface area contributed by atoms with Gasteiger partial charge in [-0.3, -0.25) is 0 Å². The zero-order chi connectivity index (χ0) is 12.0. The van der Waals surface area contributed by atoms with Crippen molar-refractivity contribution in [2.24, 2.45) is 5.92 Å². The van der Waals surface area contributed by atoms with E-state index in [0.29, 0.717) is 5.92 Å². The molecule has 2 heteroatoms. The maximum absolute atomic E-state index is 5.44. The summed E-state index contributed by atoms with van der Waals surface area (Å²) in [6.07, 6.45) is 0. The molecule has 0 aliphatic heterocycles. The van der Waals surface area contributed by atoms with Crippen molar-refractivity contribution in [3.63, 3.8) is 0 Å². The fourth-order valence-corrected chi connectivity index (χ4v) is 2.28. The number of rotatable bonds is 6. The number of methoxy groups -OCH3 is 1. The van der Waals surface area contributed by atoms with Crippen molar-refractivity contribution in [3.8, 4) is 0 Å². The summed E-state index contributed by atoms with van der Waals surface area (Å²) in [6, 6.07) is 10.6. The van der Waals surface area contributed by atoms with Gasteiger partial charge in [0.1, 0.15) is 0 Å². The van der Waals surface area contributed by atoms with Gasteiger partial charge in [0.25, 0.3) is 0 Å². The SMILES string of the molecule is CNCC(COC)(c1ccccc1)C(C)C. The number of likely N-dealkylation sites (N-methyl/N-ethyl adjacent to an activating group) is 1. The first kappa shape index (κ1) is 13.2. The van der Waals surface area contributed by atoms with Crippen molar-refractivity contribution in [3.05, 3.63) is 35.9 Å². The van der Waals surface area contributed by atoms with Crippen LogP contribution in [0.3, 0.4) is 0 Å². The topological polar surface area (TPSA) is 21.3 Å². The van der Waals surface area contributed by atoms with E-state index in [-0.39, 0.29) is 5.41 Å². The summed E-state index contributed by atoms with van der Waals surface area (Å²) in [5.41, 5.74) is 1.41. The molecule has 2 nitrogen and oxygen atoms in total. The molecule has 1 rings (SSSR count). The summed E-state index contributed by atoms with van der Waals surface area (Å²) in [5.74, 6) is 0.530. The van der Waals surface area contributed by atoms with Crippen molar-refractivity contribution >= 4 is 0 Å². The second-order valence-electron chi connectivity index (χ2n) is 4.64. The predicted molar refractivity (Wildman–Crippen MR) is 68.8 cm³/mol. The van der Waals surface area contributed by atoms with Crippen LogP contribution in [0, 0.1) is 5.92 Å². The van der Waals surface area contributed by atoms with Gasteiger partial charge in [0.05, 0.1) is 6.61 Å². The van der Waals surface area contributed by atoms with Crippen LogP contribution in [0.25, 0.3) is 0 Å². The third-order valence-corrected chi connectivity index (χ3v) is 3.35. The van der Waals surface area contributed by atoms with E-state index in [2.05, 4.69) is 49.5 Å². The molecule has 0 saturated carbocycles. The molecule has 0 radical (unpaired) electrons. The van der Waals surface area contributed by atoms with E-state index in [1.807, 2.05) is 7.05 Å². The standard InChI is InChI=1S/C14H23NO/c1-12(2)14(10-15-3,11-16-4)13-8-6-5-7-9-13/h5-9,12,15H,10-11H2,1-4H3. The van der Waals surface area contributed by atoms with E-state index in [1.165, 1.54) is 5.56 Å². The fourth-order valence-electron chi connectivity index (χ4n) is 2.28. The summed E-state index contributed by atoms with van der Waals surface area (Å²) in [6.45, 7) is 6.19. The van der Waals surface area contributed by atoms with Gasteiger partial charge in [0.2, 0.25) is 0 Å². The second-order valence-corrected chi connectivity index (χ2v) is 4.64. The lowest BCUT2D eigenvalue weighted by atomic mass is 9.72. The average molecular weight is 221 g/mol. The average Bonchev–Trinajstić information content (AvgIpc) is 2.29. The molecule has 0 saturated heterocycles. The van der Waals surface area contributed by atoms with E-state index in [9.17, 15) is 0 Å². The van der Waals surface area contributed by atoms with Crippen molar-refractivity contribution in [2.45, 2.75) is 19.3 Å². The maximum Gasteiger partial charge on any atom is 0.0573 e. The largest absolute Gasteiger partial charge is 0.384 e. The highest BCUT2D eigenvalue weighted by Gasteiger charge is 2.34. The van der Waals surface area contributed by atoms with Gasteiger partial charge in [-0.2, -0.15) is 0 Å². The smallest absolute Gasteiger partial charge is 0.0573 e. The number of benzene rings is 1. The Labute approximate surface area is 99.0 Å². The Kier molecular flexibility index (Phi) is 4.97. The fraction of sp³-hybridized carbons (Fsp3) is 0.571. The van der Waals surface area contributed by atoms with Crippen LogP contribution in [-0.4, -0.2) is 27.3 Å². The van der Waals surface area contributed by atoms with Crippen molar-refractivity contribution in [1.29, 1.82) is 0 Å². The minimum Gasteiger partial charge on any atom is -0.384 e. The van der Waals surface area contributed by atoms with Crippen molar-refractivity contribution in [1.82, 2.24) is 5.32 Å². The molecule has 1 atom stereocenters. The zero-order valence-electron chi connectivity index (χ0n) is 10.8. The summed E-state index contributed by atoms with van der Waals surface area (Å²) in [5, 5.41) is 3.29. The minimum absolute atomic E-state index is 0.0603. The summed E-state index contributed by atoms with van der Waals surface area (Å²) >= 11 is 0. The Balaban J connectivity index is 3.10. The van der Waals surface area contributed by atoms with E-state index >= 15 is 0 Å². The van der Waals surface area contributed by atoms with Gasteiger partial charge in [-0.05, 0) is 18.5 Å². The normalized spacial score (nSPS) is 15.1. The maximum atomic E-state index is 5.44. The zero-order valence-corrected chi connectivity index (χ0v) is 10.8.